The highest BCUT2D eigenvalue weighted by atomic mass is 17.3. The van der Waals surface area contributed by atoms with Gasteiger partial charge in [0.15, 0.2) is 5.79 Å². The first-order valence-electron chi connectivity index (χ1n) is 10.7. The second-order valence-corrected chi connectivity index (χ2v) is 10.9. The van der Waals surface area contributed by atoms with Crippen LogP contribution in [0.4, 0.5) is 0 Å². The van der Waals surface area contributed by atoms with E-state index in [9.17, 15) is 0 Å². The Morgan fingerprint density at radius 1 is 0.654 bits per heavy atom. The number of hydrogen-bond acceptors (Lipinski definition) is 5. The number of hydrogen-bond donors (Lipinski definition) is 0. The fourth-order valence-electron chi connectivity index (χ4n) is 6.83. The molecule has 2 saturated heterocycles. The summed E-state index contributed by atoms with van der Waals surface area (Å²) in [6.45, 7) is 5.90. The Balaban J connectivity index is 1.17. The van der Waals surface area contributed by atoms with Gasteiger partial charge < -0.3 is 14.2 Å². The van der Waals surface area contributed by atoms with Crippen LogP contribution in [-0.2, 0) is 24.0 Å². The Morgan fingerprint density at radius 2 is 1.19 bits per heavy atom. The minimum absolute atomic E-state index is 0.105. The maximum Gasteiger partial charge on any atom is 0.210 e. The number of ether oxygens (including phenoxy) is 3. The molecule has 7 fully saturated rings. The smallest absolute Gasteiger partial charge is 0.210 e. The molecule has 26 heavy (non-hydrogen) atoms. The molecule has 5 nitrogen and oxygen atoms in total. The second kappa shape index (κ2) is 5.24. The highest BCUT2D eigenvalue weighted by Gasteiger charge is 2.67. The van der Waals surface area contributed by atoms with Gasteiger partial charge in [0.2, 0.25) is 11.6 Å². The van der Waals surface area contributed by atoms with E-state index < -0.39 is 17.4 Å². The van der Waals surface area contributed by atoms with Crippen molar-refractivity contribution in [3.05, 3.63) is 0 Å². The fraction of sp³-hybridized carbons (Fsp3) is 1.00. The third kappa shape index (κ3) is 2.33. The molecule has 0 radical (unpaired) electrons. The summed E-state index contributed by atoms with van der Waals surface area (Å²) in [5, 5.41) is 0. The van der Waals surface area contributed by atoms with Crippen LogP contribution >= 0.6 is 0 Å². The first kappa shape index (κ1) is 16.7. The van der Waals surface area contributed by atoms with E-state index in [2.05, 4.69) is 13.8 Å². The molecule has 5 saturated carbocycles. The molecule has 0 aromatic rings. The van der Waals surface area contributed by atoms with Crippen molar-refractivity contribution in [2.45, 2.75) is 89.0 Å². The molecular weight excluding hydrogens is 332 g/mol. The molecule has 7 aliphatic rings. The Labute approximate surface area is 156 Å². The van der Waals surface area contributed by atoms with Gasteiger partial charge >= 0.3 is 0 Å². The Hall–Kier alpha value is -0.200. The SMILES string of the molecule is CC1(C)COC2(CCC3(CC2)OOC2(O3)C3CC4CC(C3)CC2C4)OC1. The average Bonchev–Trinajstić information content (AvgIpc) is 2.99. The minimum Gasteiger partial charge on any atom is -0.349 e. The van der Waals surface area contributed by atoms with Crippen molar-refractivity contribution in [3.63, 3.8) is 0 Å². The molecule has 0 N–H and O–H groups in total. The van der Waals surface area contributed by atoms with Crippen molar-refractivity contribution in [1.82, 2.24) is 0 Å². The summed E-state index contributed by atoms with van der Waals surface area (Å²) < 4.78 is 19.1. The molecule has 0 aromatic carbocycles. The van der Waals surface area contributed by atoms with Gasteiger partial charge in [0.05, 0.1) is 13.2 Å². The van der Waals surface area contributed by atoms with Crippen LogP contribution in [0, 0.1) is 29.1 Å². The first-order valence-corrected chi connectivity index (χ1v) is 10.7. The summed E-state index contributed by atoms with van der Waals surface area (Å²) in [5.41, 5.74) is 0.105. The lowest BCUT2D eigenvalue weighted by molar-refractivity contribution is -0.395. The lowest BCUT2D eigenvalue weighted by atomic mass is 9.53. The van der Waals surface area contributed by atoms with Crippen LogP contribution in [-0.4, -0.2) is 30.6 Å². The predicted molar refractivity (Wildman–Crippen MR) is 92.6 cm³/mol. The zero-order valence-electron chi connectivity index (χ0n) is 16.1. The third-order valence-corrected chi connectivity index (χ3v) is 8.17. The Bertz CT molecular complexity index is 551. The van der Waals surface area contributed by atoms with Gasteiger partial charge in [-0.15, -0.1) is 0 Å². The quantitative estimate of drug-likeness (QED) is 0.604. The van der Waals surface area contributed by atoms with Crippen LogP contribution in [0.5, 0.6) is 0 Å². The van der Waals surface area contributed by atoms with Gasteiger partial charge in [0.1, 0.15) is 0 Å². The van der Waals surface area contributed by atoms with E-state index in [1.165, 1.54) is 32.1 Å². The maximum absolute atomic E-state index is 6.77. The van der Waals surface area contributed by atoms with Crippen molar-refractivity contribution < 1.29 is 24.0 Å². The number of rotatable bonds is 0. The predicted octanol–water partition coefficient (Wildman–Crippen LogP) is 4.16. The Kier molecular flexibility index (Phi) is 3.37. The second-order valence-electron chi connectivity index (χ2n) is 10.9. The van der Waals surface area contributed by atoms with Gasteiger partial charge in [-0.25, -0.2) is 0 Å². The van der Waals surface area contributed by atoms with E-state index in [1.54, 1.807) is 0 Å². The van der Waals surface area contributed by atoms with Gasteiger partial charge in [0.25, 0.3) is 0 Å². The molecule has 0 unspecified atom stereocenters. The average molecular weight is 364 g/mol. The largest absolute Gasteiger partial charge is 0.349 e. The van der Waals surface area contributed by atoms with Crippen LogP contribution < -0.4 is 0 Å². The van der Waals surface area contributed by atoms with Gasteiger partial charge in [-0.3, -0.25) is 0 Å². The van der Waals surface area contributed by atoms with Gasteiger partial charge in [-0.2, -0.15) is 9.78 Å². The fourth-order valence-corrected chi connectivity index (χ4v) is 6.83. The molecule has 4 bridgehead atoms. The van der Waals surface area contributed by atoms with Gasteiger partial charge in [0, 0.05) is 42.9 Å². The Morgan fingerprint density at radius 3 is 1.77 bits per heavy atom. The van der Waals surface area contributed by atoms with Crippen molar-refractivity contribution in [1.29, 1.82) is 0 Å². The zero-order valence-corrected chi connectivity index (χ0v) is 16.1. The van der Waals surface area contributed by atoms with Crippen LogP contribution in [0.1, 0.15) is 71.6 Å². The van der Waals surface area contributed by atoms with E-state index in [1.807, 2.05) is 0 Å². The third-order valence-electron chi connectivity index (χ3n) is 8.17. The lowest BCUT2D eigenvalue weighted by Crippen LogP contribution is -2.59. The molecule has 2 aliphatic heterocycles. The first-order chi connectivity index (χ1) is 12.4. The van der Waals surface area contributed by atoms with Crippen molar-refractivity contribution in [2.24, 2.45) is 29.1 Å². The molecule has 3 spiro atoms. The van der Waals surface area contributed by atoms with Crippen molar-refractivity contribution in [3.8, 4) is 0 Å². The van der Waals surface area contributed by atoms with E-state index in [-0.39, 0.29) is 5.41 Å². The topological polar surface area (TPSA) is 46.2 Å². The normalized spacial score (nSPS) is 50.1. The summed E-state index contributed by atoms with van der Waals surface area (Å²) in [6, 6.07) is 0. The highest BCUT2D eigenvalue weighted by Crippen LogP contribution is 2.64. The van der Waals surface area contributed by atoms with E-state index in [4.69, 9.17) is 24.0 Å². The standard InChI is InChI=1S/C21H32O5/c1-18(2)12-22-19(23-13-18)3-5-20(6-4-19)24-21(26-25-20)16-8-14-7-15(10-16)11-17(21)9-14/h14-17H,3-13H2,1-2H3. The minimum atomic E-state index is -0.583. The van der Waals surface area contributed by atoms with Gasteiger partial charge in [-0.1, -0.05) is 13.8 Å². The molecular formula is C21H32O5. The summed E-state index contributed by atoms with van der Waals surface area (Å²) in [5.74, 6) is 1.36. The summed E-state index contributed by atoms with van der Waals surface area (Å²) >= 11 is 0. The summed E-state index contributed by atoms with van der Waals surface area (Å²) in [4.78, 5) is 12.1. The van der Waals surface area contributed by atoms with Crippen molar-refractivity contribution in [2.75, 3.05) is 13.2 Å². The lowest BCUT2D eigenvalue weighted by Gasteiger charge is -2.57. The maximum atomic E-state index is 6.77. The van der Waals surface area contributed by atoms with E-state index >= 15 is 0 Å². The highest BCUT2D eigenvalue weighted by molar-refractivity contribution is 5.06. The van der Waals surface area contributed by atoms with E-state index in [0.717, 1.165) is 50.7 Å². The molecule has 0 aromatic heterocycles. The zero-order chi connectivity index (χ0) is 17.6. The van der Waals surface area contributed by atoms with E-state index in [0.29, 0.717) is 11.8 Å². The molecule has 146 valence electrons. The molecule has 0 amide bonds. The molecule has 5 aliphatic carbocycles. The summed E-state index contributed by atoms with van der Waals surface area (Å²) in [6.07, 6.45) is 9.71. The van der Waals surface area contributed by atoms with Gasteiger partial charge in [-0.05, 0) is 43.9 Å². The van der Waals surface area contributed by atoms with Crippen LogP contribution in [0.15, 0.2) is 0 Å². The van der Waals surface area contributed by atoms with Crippen molar-refractivity contribution >= 4 is 0 Å². The monoisotopic (exact) mass is 364 g/mol. The molecule has 0 atom stereocenters. The van der Waals surface area contributed by atoms with Crippen LogP contribution in [0.3, 0.4) is 0 Å². The molecule has 5 heteroatoms. The molecule has 7 rings (SSSR count). The summed E-state index contributed by atoms with van der Waals surface area (Å²) in [7, 11) is 0. The van der Waals surface area contributed by atoms with Crippen LogP contribution in [0.25, 0.3) is 0 Å². The van der Waals surface area contributed by atoms with Crippen LogP contribution in [0.2, 0.25) is 0 Å². The molecule has 2 heterocycles.